The number of nitrogens with one attached hydrogen (secondary N) is 2. The maximum Gasteiger partial charge on any atom is 0.326 e. The molecule has 10 heteroatoms. The Morgan fingerprint density at radius 1 is 1.31 bits per heavy atom. The van der Waals surface area contributed by atoms with Gasteiger partial charge in [0, 0.05) is 13.6 Å². The fourth-order valence-electron chi connectivity index (χ4n) is 3.69. The number of urea groups is 1. The van der Waals surface area contributed by atoms with Crippen LogP contribution in [-0.4, -0.2) is 78.3 Å². The molecule has 1 saturated carbocycles. The number of likely N-dealkylation sites (N-methyl/N-ethyl adjacent to an activating group) is 1. The van der Waals surface area contributed by atoms with E-state index in [4.69, 9.17) is 4.74 Å². The van der Waals surface area contributed by atoms with Crippen molar-refractivity contribution in [3.8, 4) is 0 Å². The summed E-state index contributed by atoms with van der Waals surface area (Å²) in [5, 5.41) is 5.40. The van der Waals surface area contributed by atoms with Crippen molar-refractivity contribution < 1.29 is 28.7 Å². The first-order valence-electron chi connectivity index (χ1n) is 10.0. The SMILES string of the molecule is CCCNC(=O)CN(C)C(=O)COC(=O)CN1C(=O)N[C@@]2(CCCC[C@@H]2C)C1=O. The Morgan fingerprint density at radius 2 is 2.03 bits per heavy atom. The lowest BCUT2D eigenvalue weighted by Gasteiger charge is -2.36. The molecule has 1 heterocycles. The molecule has 29 heavy (non-hydrogen) atoms. The molecule has 1 aliphatic carbocycles. The minimum Gasteiger partial charge on any atom is -0.454 e. The number of carbonyl (C=O) groups is 5. The van der Waals surface area contributed by atoms with E-state index >= 15 is 0 Å². The largest absolute Gasteiger partial charge is 0.454 e. The zero-order chi connectivity index (χ0) is 21.6. The first kappa shape index (κ1) is 22.6. The van der Waals surface area contributed by atoms with E-state index in [0.717, 1.165) is 35.5 Å². The van der Waals surface area contributed by atoms with Crippen molar-refractivity contribution in [3.05, 3.63) is 0 Å². The molecule has 0 unspecified atom stereocenters. The smallest absolute Gasteiger partial charge is 0.326 e. The molecule has 0 radical (unpaired) electrons. The number of hydrogen-bond donors (Lipinski definition) is 2. The van der Waals surface area contributed by atoms with E-state index in [1.165, 1.54) is 7.05 Å². The van der Waals surface area contributed by atoms with Crippen LogP contribution < -0.4 is 10.6 Å². The van der Waals surface area contributed by atoms with Crippen molar-refractivity contribution in [3.63, 3.8) is 0 Å². The van der Waals surface area contributed by atoms with Crippen LogP contribution in [0.25, 0.3) is 0 Å². The molecular weight excluding hydrogens is 380 g/mol. The summed E-state index contributed by atoms with van der Waals surface area (Å²) in [7, 11) is 1.42. The normalized spacial score (nSPS) is 23.7. The van der Waals surface area contributed by atoms with Crippen LogP contribution in [-0.2, 0) is 23.9 Å². The Hall–Kier alpha value is -2.65. The molecule has 2 atom stereocenters. The third kappa shape index (κ3) is 5.24. The summed E-state index contributed by atoms with van der Waals surface area (Å²) < 4.78 is 4.91. The Kier molecular flexibility index (Phi) is 7.58. The summed E-state index contributed by atoms with van der Waals surface area (Å²) in [5.74, 6) is -2.14. The number of rotatable bonds is 8. The predicted molar refractivity (Wildman–Crippen MR) is 103 cm³/mol. The number of carbonyl (C=O) groups excluding carboxylic acids is 5. The second-order valence-corrected chi connectivity index (χ2v) is 7.70. The Bertz CT molecular complexity index is 682. The van der Waals surface area contributed by atoms with Crippen molar-refractivity contribution in [2.75, 3.05) is 33.3 Å². The first-order chi connectivity index (χ1) is 13.7. The van der Waals surface area contributed by atoms with Gasteiger partial charge in [-0.3, -0.25) is 24.1 Å². The van der Waals surface area contributed by atoms with Crippen LogP contribution >= 0.6 is 0 Å². The predicted octanol–water partition coefficient (Wildman–Crippen LogP) is 0.0149. The topological polar surface area (TPSA) is 125 Å². The van der Waals surface area contributed by atoms with E-state index in [9.17, 15) is 24.0 Å². The van der Waals surface area contributed by atoms with Gasteiger partial charge >= 0.3 is 12.0 Å². The van der Waals surface area contributed by atoms with Crippen molar-refractivity contribution in [2.45, 2.75) is 51.5 Å². The lowest BCUT2D eigenvalue weighted by atomic mass is 9.73. The summed E-state index contributed by atoms with van der Waals surface area (Å²) in [4.78, 5) is 62.8. The fraction of sp³-hybridized carbons (Fsp3) is 0.737. The molecule has 0 aromatic rings. The van der Waals surface area contributed by atoms with E-state index in [2.05, 4.69) is 10.6 Å². The molecule has 0 aromatic carbocycles. The van der Waals surface area contributed by atoms with Gasteiger partial charge in [-0.1, -0.05) is 26.7 Å². The van der Waals surface area contributed by atoms with E-state index in [1.54, 1.807) is 0 Å². The number of amides is 5. The van der Waals surface area contributed by atoms with Gasteiger partial charge in [0.05, 0.1) is 6.54 Å². The van der Waals surface area contributed by atoms with E-state index in [0.29, 0.717) is 13.0 Å². The number of ether oxygens (including phenoxy) is 1. The zero-order valence-corrected chi connectivity index (χ0v) is 17.3. The molecule has 0 bridgehead atoms. The van der Waals surface area contributed by atoms with Gasteiger partial charge in [-0.2, -0.15) is 0 Å². The zero-order valence-electron chi connectivity index (χ0n) is 17.3. The average Bonchev–Trinajstić information content (AvgIpc) is 2.91. The van der Waals surface area contributed by atoms with Gasteiger partial charge in [0.15, 0.2) is 6.61 Å². The van der Waals surface area contributed by atoms with Crippen molar-refractivity contribution in [1.82, 2.24) is 20.4 Å². The molecule has 162 valence electrons. The van der Waals surface area contributed by atoms with Crippen molar-refractivity contribution >= 4 is 29.7 Å². The molecule has 2 rings (SSSR count). The monoisotopic (exact) mass is 410 g/mol. The van der Waals surface area contributed by atoms with Crippen molar-refractivity contribution in [1.29, 1.82) is 0 Å². The highest BCUT2D eigenvalue weighted by Crippen LogP contribution is 2.38. The molecule has 5 amide bonds. The Balaban J connectivity index is 1.83. The summed E-state index contributed by atoms with van der Waals surface area (Å²) in [5.41, 5.74) is -0.947. The van der Waals surface area contributed by atoms with E-state index in [-0.39, 0.29) is 18.4 Å². The van der Waals surface area contributed by atoms with Gasteiger partial charge in [0.2, 0.25) is 5.91 Å². The minimum absolute atomic E-state index is 0.0113. The van der Waals surface area contributed by atoms with Crippen LogP contribution in [0.15, 0.2) is 0 Å². The van der Waals surface area contributed by atoms with Crippen LogP contribution in [0.3, 0.4) is 0 Å². The van der Waals surface area contributed by atoms with Crippen LogP contribution in [0, 0.1) is 5.92 Å². The maximum absolute atomic E-state index is 12.8. The number of nitrogens with zero attached hydrogens (tertiary/aromatic N) is 2. The fourth-order valence-corrected chi connectivity index (χ4v) is 3.69. The number of esters is 1. The van der Waals surface area contributed by atoms with Gasteiger partial charge in [0.25, 0.3) is 11.8 Å². The van der Waals surface area contributed by atoms with Crippen molar-refractivity contribution in [2.24, 2.45) is 5.92 Å². The highest BCUT2D eigenvalue weighted by atomic mass is 16.5. The van der Waals surface area contributed by atoms with Gasteiger partial charge in [-0.25, -0.2) is 4.79 Å². The molecule has 1 spiro atoms. The molecule has 0 aromatic heterocycles. The molecule has 1 aliphatic heterocycles. The summed E-state index contributed by atoms with van der Waals surface area (Å²) >= 11 is 0. The summed E-state index contributed by atoms with van der Waals surface area (Å²) in [6.45, 7) is 3.08. The van der Waals surface area contributed by atoms with Crippen LogP contribution in [0.1, 0.15) is 46.0 Å². The lowest BCUT2D eigenvalue weighted by molar-refractivity contribution is -0.154. The average molecular weight is 410 g/mol. The number of hydrogen-bond acceptors (Lipinski definition) is 6. The van der Waals surface area contributed by atoms with E-state index in [1.807, 2.05) is 13.8 Å². The Labute approximate surface area is 170 Å². The lowest BCUT2D eigenvalue weighted by Crippen LogP contribution is -2.54. The molecule has 2 N–H and O–H groups in total. The maximum atomic E-state index is 12.8. The van der Waals surface area contributed by atoms with Gasteiger partial charge in [-0.15, -0.1) is 0 Å². The third-order valence-electron chi connectivity index (χ3n) is 5.52. The Morgan fingerprint density at radius 3 is 2.69 bits per heavy atom. The van der Waals surface area contributed by atoms with Gasteiger partial charge in [-0.05, 0) is 25.2 Å². The number of imide groups is 1. The van der Waals surface area contributed by atoms with Crippen LogP contribution in [0.5, 0.6) is 0 Å². The second kappa shape index (κ2) is 9.71. The van der Waals surface area contributed by atoms with Gasteiger partial charge in [0.1, 0.15) is 12.1 Å². The molecule has 2 fully saturated rings. The standard InChI is InChI=1S/C19H30N4O6/c1-4-9-20-14(24)10-22(3)15(25)12-29-16(26)11-23-17(27)19(21-18(23)28)8-6-5-7-13(19)2/h13H,4-12H2,1-3H3,(H,20,24)(H,21,28)/t13-,19+/m0/s1. The summed E-state index contributed by atoms with van der Waals surface area (Å²) in [6, 6.07) is -0.614. The highest BCUT2D eigenvalue weighted by Gasteiger charge is 2.55. The molecule has 1 saturated heterocycles. The quantitative estimate of drug-likeness (QED) is 0.429. The molecule has 10 nitrogen and oxygen atoms in total. The van der Waals surface area contributed by atoms with Crippen LogP contribution in [0.2, 0.25) is 0 Å². The molecular formula is C19H30N4O6. The summed E-state index contributed by atoms with van der Waals surface area (Å²) in [6.07, 6.45) is 4.00. The van der Waals surface area contributed by atoms with E-state index < -0.39 is 42.5 Å². The van der Waals surface area contributed by atoms with Crippen LogP contribution in [0.4, 0.5) is 4.79 Å². The minimum atomic E-state index is -0.947. The van der Waals surface area contributed by atoms with Gasteiger partial charge < -0.3 is 20.3 Å². The highest BCUT2D eigenvalue weighted by molar-refractivity contribution is 6.09. The third-order valence-corrected chi connectivity index (χ3v) is 5.52. The second-order valence-electron chi connectivity index (χ2n) is 7.70. The first-order valence-corrected chi connectivity index (χ1v) is 10.0. The molecule has 2 aliphatic rings.